The number of hydrogen-bond acceptors (Lipinski definition) is 2. The number of alkyl halides is 3. The Balaban J connectivity index is 1.98. The van der Waals surface area contributed by atoms with Crippen molar-refractivity contribution in [3.8, 4) is 0 Å². The van der Waals surface area contributed by atoms with Crippen LogP contribution >= 0.6 is 0 Å². The van der Waals surface area contributed by atoms with Crippen LogP contribution in [0.15, 0.2) is 48.5 Å². The van der Waals surface area contributed by atoms with Gasteiger partial charge in [0.1, 0.15) is 5.82 Å². The summed E-state index contributed by atoms with van der Waals surface area (Å²) in [6.45, 7) is -0.430. The number of halogens is 4. The molecule has 0 saturated heterocycles. The molecule has 0 aliphatic rings. The summed E-state index contributed by atoms with van der Waals surface area (Å²) in [5, 5.41) is 2.16. The minimum Gasteiger partial charge on any atom is -0.336 e. The van der Waals surface area contributed by atoms with E-state index in [2.05, 4.69) is 5.32 Å². The molecule has 0 aromatic heterocycles. The number of carbonyl (C=O) groups excluding carboxylic acids is 2. The highest BCUT2D eigenvalue weighted by Crippen LogP contribution is 2.34. The molecule has 0 atom stereocenters. The van der Waals surface area contributed by atoms with Gasteiger partial charge < -0.3 is 10.2 Å². The van der Waals surface area contributed by atoms with Crippen LogP contribution in [0.2, 0.25) is 0 Å². The lowest BCUT2D eigenvalue weighted by Crippen LogP contribution is -2.36. The lowest BCUT2D eigenvalue weighted by Gasteiger charge is -2.18. The van der Waals surface area contributed by atoms with E-state index in [9.17, 15) is 27.2 Å². The second-order valence-corrected chi connectivity index (χ2v) is 5.65. The van der Waals surface area contributed by atoms with E-state index in [0.29, 0.717) is 5.56 Å². The van der Waals surface area contributed by atoms with Gasteiger partial charge in [-0.2, -0.15) is 13.2 Å². The maximum Gasteiger partial charge on any atom is 0.418 e. The molecule has 0 unspecified atom stereocenters. The molecule has 0 heterocycles. The standard InChI is InChI=1S/C18H16F4N2O2/c1-24(17(26)10-12-5-4-6-13(19)9-12)11-16(25)23-15-8-3-2-7-14(15)18(20,21)22/h2-9H,10-11H2,1H3,(H,23,25). The highest BCUT2D eigenvalue weighted by molar-refractivity contribution is 5.95. The molecule has 2 aromatic rings. The largest absolute Gasteiger partial charge is 0.418 e. The molecule has 2 rings (SSSR count). The molecule has 8 heteroatoms. The van der Waals surface area contributed by atoms with E-state index in [-0.39, 0.29) is 12.1 Å². The van der Waals surface area contributed by atoms with Crippen molar-refractivity contribution in [1.82, 2.24) is 4.90 Å². The molecule has 0 spiro atoms. The Hall–Kier alpha value is -2.90. The van der Waals surface area contributed by atoms with Gasteiger partial charge in [0.15, 0.2) is 0 Å². The number of benzene rings is 2. The molecule has 2 amide bonds. The summed E-state index contributed by atoms with van der Waals surface area (Å²) >= 11 is 0. The number of nitrogens with one attached hydrogen (secondary N) is 1. The zero-order valence-electron chi connectivity index (χ0n) is 13.8. The minimum absolute atomic E-state index is 0.124. The van der Waals surface area contributed by atoms with Crippen molar-refractivity contribution in [2.45, 2.75) is 12.6 Å². The molecule has 0 bridgehead atoms. The quantitative estimate of drug-likeness (QED) is 0.822. The Labute approximate surface area is 147 Å². The van der Waals surface area contributed by atoms with Gasteiger partial charge in [0.25, 0.3) is 0 Å². The van der Waals surface area contributed by atoms with Crippen molar-refractivity contribution in [2.75, 3.05) is 18.9 Å². The highest BCUT2D eigenvalue weighted by Gasteiger charge is 2.33. The van der Waals surface area contributed by atoms with Gasteiger partial charge in [0.2, 0.25) is 11.8 Å². The van der Waals surface area contributed by atoms with Crippen LogP contribution in [-0.2, 0) is 22.2 Å². The van der Waals surface area contributed by atoms with Gasteiger partial charge in [0.05, 0.1) is 24.2 Å². The first-order chi connectivity index (χ1) is 12.2. The molecule has 1 N–H and O–H groups in total. The number of para-hydroxylation sites is 1. The predicted octanol–water partition coefficient (Wildman–Crippen LogP) is 3.48. The predicted molar refractivity (Wildman–Crippen MR) is 87.8 cm³/mol. The Morgan fingerprint density at radius 2 is 1.77 bits per heavy atom. The Morgan fingerprint density at radius 3 is 2.42 bits per heavy atom. The van der Waals surface area contributed by atoms with E-state index in [1.54, 1.807) is 6.07 Å². The van der Waals surface area contributed by atoms with Crippen LogP contribution in [0.4, 0.5) is 23.2 Å². The van der Waals surface area contributed by atoms with E-state index in [1.165, 1.54) is 37.4 Å². The Bertz CT molecular complexity index is 806. The summed E-state index contributed by atoms with van der Waals surface area (Å²) in [5.74, 6) is -1.72. The zero-order valence-corrected chi connectivity index (χ0v) is 13.8. The lowest BCUT2D eigenvalue weighted by molar-refractivity contribution is -0.137. The van der Waals surface area contributed by atoms with Crippen molar-refractivity contribution in [3.63, 3.8) is 0 Å². The van der Waals surface area contributed by atoms with Crippen LogP contribution < -0.4 is 5.32 Å². The maximum absolute atomic E-state index is 13.1. The summed E-state index contributed by atoms with van der Waals surface area (Å²) in [7, 11) is 1.34. The first kappa shape index (κ1) is 19.4. The number of rotatable bonds is 5. The third kappa shape index (κ3) is 5.30. The fourth-order valence-electron chi connectivity index (χ4n) is 2.29. The van der Waals surface area contributed by atoms with Gasteiger partial charge in [-0.15, -0.1) is 0 Å². The first-order valence-corrected chi connectivity index (χ1v) is 7.61. The van der Waals surface area contributed by atoms with Crippen molar-refractivity contribution in [2.24, 2.45) is 0 Å². The normalized spacial score (nSPS) is 11.1. The average molecular weight is 368 g/mol. The Kier molecular flexibility index (Phi) is 5.97. The molecule has 0 saturated carbocycles. The third-order valence-corrected chi connectivity index (χ3v) is 3.56. The van der Waals surface area contributed by atoms with Crippen LogP contribution in [0.1, 0.15) is 11.1 Å². The van der Waals surface area contributed by atoms with Gasteiger partial charge >= 0.3 is 6.18 Å². The third-order valence-electron chi connectivity index (χ3n) is 3.56. The topological polar surface area (TPSA) is 49.4 Å². The fourth-order valence-corrected chi connectivity index (χ4v) is 2.29. The molecule has 138 valence electrons. The van der Waals surface area contributed by atoms with E-state index >= 15 is 0 Å². The number of anilines is 1. The second-order valence-electron chi connectivity index (χ2n) is 5.65. The summed E-state index contributed by atoms with van der Waals surface area (Å²) in [6.07, 6.45) is -4.73. The molecule has 0 fully saturated rings. The highest BCUT2D eigenvalue weighted by atomic mass is 19.4. The van der Waals surface area contributed by atoms with Crippen LogP contribution in [0.3, 0.4) is 0 Å². The number of hydrogen-bond donors (Lipinski definition) is 1. The van der Waals surface area contributed by atoms with E-state index in [4.69, 9.17) is 0 Å². The maximum atomic E-state index is 13.1. The molecule has 26 heavy (non-hydrogen) atoms. The molecule has 0 radical (unpaired) electrons. The zero-order chi connectivity index (χ0) is 19.3. The average Bonchev–Trinajstić information content (AvgIpc) is 2.54. The number of amides is 2. The number of nitrogens with zero attached hydrogens (tertiary/aromatic N) is 1. The smallest absolute Gasteiger partial charge is 0.336 e. The van der Waals surface area contributed by atoms with Crippen LogP contribution in [0, 0.1) is 5.82 Å². The van der Waals surface area contributed by atoms with Crippen molar-refractivity contribution >= 4 is 17.5 Å². The number of likely N-dealkylation sites (N-methyl/N-ethyl adjacent to an activating group) is 1. The minimum atomic E-state index is -4.61. The summed E-state index contributed by atoms with van der Waals surface area (Å²) in [5.41, 5.74) is -0.914. The molecule has 4 nitrogen and oxygen atoms in total. The molecular formula is C18H16F4N2O2. The van der Waals surface area contributed by atoms with E-state index < -0.39 is 35.9 Å². The van der Waals surface area contributed by atoms with Crippen LogP contribution in [-0.4, -0.2) is 30.3 Å². The molecule has 0 aliphatic carbocycles. The lowest BCUT2D eigenvalue weighted by atomic mass is 10.1. The van der Waals surface area contributed by atoms with Crippen LogP contribution in [0.25, 0.3) is 0 Å². The van der Waals surface area contributed by atoms with Crippen molar-refractivity contribution < 1.29 is 27.2 Å². The SMILES string of the molecule is CN(CC(=O)Nc1ccccc1C(F)(F)F)C(=O)Cc1cccc(F)c1. The van der Waals surface area contributed by atoms with Crippen LogP contribution in [0.5, 0.6) is 0 Å². The first-order valence-electron chi connectivity index (χ1n) is 7.61. The van der Waals surface area contributed by atoms with Crippen molar-refractivity contribution in [3.05, 3.63) is 65.5 Å². The van der Waals surface area contributed by atoms with Gasteiger partial charge in [-0.3, -0.25) is 9.59 Å². The van der Waals surface area contributed by atoms with E-state index in [1.807, 2.05) is 0 Å². The second kappa shape index (κ2) is 7.99. The molecule has 0 aliphatic heterocycles. The molecular weight excluding hydrogens is 352 g/mol. The molecule has 2 aromatic carbocycles. The Morgan fingerprint density at radius 1 is 1.08 bits per heavy atom. The fraction of sp³-hybridized carbons (Fsp3) is 0.222. The van der Waals surface area contributed by atoms with Gasteiger partial charge in [-0.25, -0.2) is 4.39 Å². The van der Waals surface area contributed by atoms with Gasteiger partial charge in [-0.05, 0) is 29.8 Å². The number of carbonyl (C=O) groups is 2. The summed E-state index contributed by atoms with van der Waals surface area (Å²) < 4.78 is 51.9. The van der Waals surface area contributed by atoms with E-state index in [0.717, 1.165) is 17.0 Å². The van der Waals surface area contributed by atoms with Gasteiger partial charge in [0, 0.05) is 7.05 Å². The summed E-state index contributed by atoms with van der Waals surface area (Å²) in [4.78, 5) is 25.1. The van der Waals surface area contributed by atoms with Crippen molar-refractivity contribution in [1.29, 1.82) is 0 Å². The van der Waals surface area contributed by atoms with Gasteiger partial charge in [-0.1, -0.05) is 24.3 Å². The summed E-state index contributed by atoms with van der Waals surface area (Å²) in [6, 6.07) is 10.0. The monoisotopic (exact) mass is 368 g/mol.